The molecule has 0 bridgehead atoms. The van der Waals surface area contributed by atoms with Gasteiger partial charge in [-0.3, -0.25) is 0 Å². The predicted molar refractivity (Wildman–Crippen MR) is 70.6 cm³/mol. The van der Waals surface area contributed by atoms with Crippen LogP contribution < -0.4 is 11.1 Å². The minimum absolute atomic E-state index is 0.272. The summed E-state index contributed by atoms with van der Waals surface area (Å²) in [5.74, 6) is 0. The highest BCUT2D eigenvalue weighted by Crippen LogP contribution is 2.17. The van der Waals surface area contributed by atoms with Crippen LogP contribution in [-0.4, -0.2) is 12.6 Å². The molecule has 1 rings (SSSR count). The number of nitrogens with two attached hydrogens (primary N) is 1. The lowest BCUT2D eigenvalue weighted by Gasteiger charge is -2.22. The molecule has 2 unspecified atom stereocenters. The molecule has 0 spiro atoms. The zero-order valence-corrected chi connectivity index (χ0v) is 10.9. The number of rotatable bonds is 5. The third kappa shape index (κ3) is 3.32. The molecule has 0 saturated carbocycles. The van der Waals surface area contributed by atoms with Gasteiger partial charge in [0.15, 0.2) is 0 Å². The van der Waals surface area contributed by atoms with Crippen molar-refractivity contribution in [3.05, 3.63) is 34.9 Å². The van der Waals surface area contributed by atoms with Gasteiger partial charge in [-0.2, -0.15) is 0 Å². The first-order valence-corrected chi connectivity index (χ1v) is 6.11. The fourth-order valence-corrected chi connectivity index (χ4v) is 1.74. The summed E-state index contributed by atoms with van der Waals surface area (Å²) < 4.78 is 0. The van der Waals surface area contributed by atoms with E-state index in [1.807, 2.05) is 0 Å². The van der Waals surface area contributed by atoms with Gasteiger partial charge in [0, 0.05) is 18.6 Å². The maximum Gasteiger partial charge on any atom is 0.0446 e. The first-order valence-electron chi connectivity index (χ1n) is 6.11. The summed E-state index contributed by atoms with van der Waals surface area (Å²) in [6.45, 7) is 9.32. The summed E-state index contributed by atoms with van der Waals surface area (Å²) in [4.78, 5) is 0. The highest BCUT2D eigenvalue weighted by atomic mass is 15.0. The van der Waals surface area contributed by atoms with Crippen LogP contribution in [0.4, 0.5) is 0 Å². The van der Waals surface area contributed by atoms with Crippen LogP contribution in [0.15, 0.2) is 18.2 Å². The first kappa shape index (κ1) is 13.2. The average molecular weight is 220 g/mol. The molecular weight excluding hydrogens is 196 g/mol. The standard InChI is InChI=1S/C14H24N2/c1-5-12(4)16-14(9-15)13-7-6-10(2)11(3)8-13/h6-8,12,14,16H,5,9,15H2,1-4H3. The molecule has 90 valence electrons. The largest absolute Gasteiger partial charge is 0.329 e. The van der Waals surface area contributed by atoms with E-state index >= 15 is 0 Å². The Balaban J connectivity index is 2.82. The van der Waals surface area contributed by atoms with Crippen LogP contribution in [0, 0.1) is 13.8 Å². The highest BCUT2D eigenvalue weighted by Gasteiger charge is 2.12. The Morgan fingerprint density at radius 1 is 1.25 bits per heavy atom. The van der Waals surface area contributed by atoms with E-state index in [1.54, 1.807) is 0 Å². The van der Waals surface area contributed by atoms with Gasteiger partial charge >= 0.3 is 0 Å². The normalized spacial score (nSPS) is 14.8. The Morgan fingerprint density at radius 2 is 1.94 bits per heavy atom. The topological polar surface area (TPSA) is 38.0 Å². The number of aryl methyl sites for hydroxylation is 2. The van der Waals surface area contributed by atoms with Crippen molar-refractivity contribution < 1.29 is 0 Å². The van der Waals surface area contributed by atoms with E-state index in [4.69, 9.17) is 5.73 Å². The van der Waals surface area contributed by atoms with Crippen LogP contribution in [0.1, 0.15) is 43.0 Å². The summed E-state index contributed by atoms with van der Waals surface area (Å²) in [6.07, 6.45) is 1.13. The molecule has 0 aliphatic carbocycles. The van der Waals surface area contributed by atoms with Crippen LogP contribution >= 0.6 is 0 Å². The zero-order valence-electron chi connectivity index (χ0n) is 10.9. The maximum absolute atomic E-state index is 5.83. The maximum atomic E-state index is 5.83. The van der Waals surface area contributed by atoms with Crippen LogP contribution in [0.3, 0.4) is 0 Å². The second-order valence-corrected chi connectivity index (χ2v) is 4.61. The zero-order chi connectivity index (χ0) is 12.1. The van der Waals surface area contributed by atoms with E-state index in [2.05, 4.69) is 51.2 Å². The van der Waals surface area contributed by atoms with Crippen molar-refractivity contribution >= 4 is 0 Å². The molecule has 1 aromatic carbocycles. The number of hydrogen-bond donors (Lipinski definition) is 2. The lowest BCUT2D eigenvalue weighted by Crippen LogP contribution is -2.34. The third-order valence-electron chi connectivity index (χ3n) is 3.27. The molecule has 0 aromatic heterocycles. The van der Waals surface area contributed by atoms with Gasteiger partial charge < -0.3 is 11.1 Å². The van der Waals surface area contributed by atoms with E-state index in [-0.39, 0.29) is 6.04 Å². The Hall–Kier alpha value is -0.860. The van der Waals surface area contributed by atoms with Gasteiger partial charge in [-0.25, -0.2) is 0 Å². The number of benzene rings is 1. The van der Waals surface area contributed by atoms with Gasteiger partial charge in [0.05, 0.1) is 0 Å². The molecule has 0 fully saturated rings. The van der Waals surface area contributed by atoms with Crippen LogP contribution in [0.5, 0.6) is 0 Å². The van der Waals surface area contributed by atoms with Gasteiger partial charge in [-0.05, 0) is 43.9 Å². The van der Waals surface area contributed by atoms with Gasteiger partial charge in [0.2, 0.25) is 0 Å². The van der Waals surface area contributed by atoms with Crippen molar-refractivity contribution in [1.29, 1.82) is 0 Å². The molecule has 0 saturated heterocycles. The van der Waals surface area contributed by atoms with E-state index in [0.717, 1.165) is 6.42 Å². The van der Waals surface area contributed by atoms with Crippen molar-refractivity contribution in [3.8, 4) is 0 Å². The Kier molecular flexibility index (Phi) is 4.97. The second-order valence-electron chi connectivity index (χ2n) is 4.61. The predicted octanol–water partition coefficient (Wildman–Crippen LogP) is 2.69. The molecule has 0 radical (unpaired) electrons. The summed E-state index contributed by atoms with van der Waals surface area (Å²) in [6, 6.07) is 7.37. The fraction of sp³-hybridized carbons (Fsp3) is 0.571. The van der Waals surface area contributed by atoms with Gasteiger partial charge in [0.25, 0.3) is 0 Å². The summed E-state index contributed by atoms with van der Waals surface area (Å²) >= 11 is 0. The fourth-order valence-electron chi connectivity index (χ4n) is 1.74. The average Bonchev–Trinajstić information content (AvgIpc) is 2.29. The Morgan fingerprint density at radius 3 is 2.44 bits per heavy atom. The molecule has 0 aliphatic heterocycles. The minimum Gasteiger partial charge on any atom is -0.329 e. The number of nitrogens with one attached hydrogen (secondary N) is 1. The third-order valence-corrected chi connectivity index (χ3v) is 3.27. The molecule has 2 nitrogen and oxygen atoms in total. The van der Waals surface area contributed by atoms with Crippen LogP contribution in [0.25, 0.3) is 0 Å². The molecule has 0 heterocycles. The molecule has 0 amide bonds. The molecular formula is C14H24N2. The van der Waals surface area contributed by atoms with Crippen molar-refractivity contribution in [1.82, 2.24) is 5.32 Å². The van der Waals surface area contributed by atoms with E-state index in [1.165, 1.54) is 16.7 Å². The lowest BCUT2D eigenvalue weighted by molar-refractivity contribution is 0.452. The summed E-state index contributed by atoms with van der Waals surface area (Å²) in [5, 5.41) is 3.55. The highest BCUT2D eigenvalue weighted by molar-refractivity contribution is 5.31. The monoisotopic (exact) mass is 220 g/mol. The Labute approximate surface area is 99.2 Å². The molecule has 1 aromatic rings. The SMILES string of the molecule is CCC(C)NC(CN)c1ccc(C)c(C)c1. The van der Waals surface area contributed by atoms with Crippen molar-refractivity contribution in [2.24, 2.45) is 5.73 Å². The minimum atomic E-state index is 0.272. The molecule has 0 aliphatic rings. The van der Waals surface area contributed by atoms with Crippen molar-refractivity contribution in [2.45, 2.75) is 46.2 Å². The molecule has 16 heavy (non-hydrogen) atoms. The quantitative estimate of drug-likeness (QED) is 0.800. The molecule has 2 heteroatoms. The molecule has 2 atom stereocenters. The molecule has 3 N–H and O–H groups in total. The summed E-state index contributed by atoms with van der Waals surface area (Å²) in [7, 11) is 0. The number of hydrogen-bond acceptors (Lipinski definition) is 2. The van der Waals surface area contributed by atoms with E-state index < -0.39 is 0 Å². The second kappa shape index (κ2) is 6.02. The smallest absolute Gasteiger partial charge is 0.0446 e. The Bertz CT molecular complexity index is 334. The van der Waals surface area contributed by atoms with Crippen LogP contribution in [-0.2, 0) is 0 Å². The summed E-state index contributed by atoms with van der Waals surface area (Å²) in [5.41, 5.74) is 9.80. The van der Waals surface area contributed by atoms with Gasteiger partial charge in [0.1, 0.15) is 0 Å². The van der Waals surface area contributed by atoms with E-state index in [9.17, 15) is 0 Å². The van der Waals surface area contributed by atoms with Gasteiger partial charge in [-0.15, -0.1) is 0 Å². The van der Waals surface area contributed by atoms with Gasteiger partial charge in [-0.1, -0.05) is 25.1 Å². The van der Waals surface area contributed by atoms with Crippen LogP contribution in [0.2, 0.25) is 0 Å². The van der Waals surface area contributed by atoms with Crippen molar-refractivity contribution in [3.63, 3.8) is 0 Å². The van der Waals surface area contributed by atoms with Crippen molar-refractivity contribution in [2.75, 3.05) is 6.54 Å². The first-order chi connectivity index (χ1) is 7.58. The van der Waals surface area contributed by atoms with E-state index in [0.29, 0.717) is 12.6 Å². The lowest BCUT2D eigenvalue weighted by atomic mass is 10.0.